The smallest absolute Gasteiger partial charge is 0.319 e. The Morgan fingerprint density at radius 1 is 1.21 bits per heavy atom. The van der Waals surface area contributed by atoms with Crippen molar-refractivity contribution in [2.45, 2.75) is 49.8 Å². The SMILES string of the molecule is N#Cc1c(N)sc2c(F)ccc(-c3c4c(c5c(N6C7CCC78NCC68)nc(OCC6COCCO6)nc5c3Cl)COC4)c12. The van der Waals surface area contributed by atoms with Crippen molar-refractivity contribution in [3.05, 3.63) is 39.7 Å². The number of nitrogens with one attached hydrogen (secondary N) is 1. The fraction of sp³-hybridized carbons (Fsp3) is 0.433. The van der Waals surface area contributed by atoms with Crippen LogP contribution < -0.4 is 20.7 Å². The van der Waals surface area contributed by atoms with Crippen LogP contribution in [0.4, 0.5) is 15.2 Å². The molecule has 13 heteroatoms. The second kappa shape index (κ2) is 9.34. The van der Waals surface area contributed by atoms with E-state index < -0.39 is 5.82 Å². The van der Waals surface area contributed by atoms with Crippen LogP contribution >= 0.6 is 22.9 Å². The number of hydrogen-bond donors (Lipinski definition) is 2. The minimum atomic E-state index is -0.438. The van der Waals surface area contributed by atoms with Gasteiger partial charge in [0.2, 0.25) is 0 Å². The fourth-order valence-corrected chi connectivity index (χ4v) is 8.93. The molecule has 3 saturated heterocycles. The van der Waals surface area contributed by atoms with Crippen molar-refractivity contribution < 1.29 is 23.3 Å². The summed E-state index contributed by atoms with van der Waals surface area (Å²) in [6, 6.07) is 6.11. The predicted octanol–water partition coefficient (Wildman–Crippen LogP) is 4.28. The Bertz CT molecular complexity index is 1890. The molecule has 43 heavy (non-hydrogen) atoms. The number of thiophene rings is 1. The molecule has 220 valence electrons. The number of nitrogens with two attached hydrogens (primary N) is 1. The summed E-state index contributed by atoms with van der Waals surface area (Å²) in [7, 11) is 0. The molecule has 4 aliphatic heterocycles. The molecule has 0 radical (unpaired) electrons. The van der Waals surface area contributed by atoms with Crippen molar-refractivity contribution >= 4 is 54.7 Å². The van der Waals surface area contributed by atoms with E-state index in [-0.39, 0.29) is 34.8 Å². The number of nitrogen functional groups attached to an aromatic ring is 1. The van der Waals surface area contributed by atoms with Gasteiger partial charge in [-0.1, -0.05) is 17.7 Å². The molecule has 4 atom stereocenters. The fourth-order valence-electron chi connectivity index (χ4n) is 7.63. The lowest BCUT2D eigenvalue weighted by Gasteiger charge is -2.77. The Balaban J connectivity index is 1.27. The molecule has 2 aromatic heterocycles. The maximum atomic E-state index is 15.0. The number of benzene rings is 2. The maximum absolute atomic E-state index is 15.0. The van der Waals surface area contributed by atoms with Gasteiger partial charge in [-0.05, 0) is 35.6 Å². The zero-order valence-electron chi connectivity index (χ0n) is 22.9. The molecule has 1 spiro atoms. The Labute approximate surface area is 254 Å². The zero-order valence-corrected chi connectivity index (χ0v) is 24.5. The number of nitriles is 1. The van der Waals surface area contributed by atoms with Crippen molar-refractivity contribution in [3.8, 4) is 23.2 Å². The highest BCUT2D eigenvalue weighted by Crippen LogP contribution is 2.58. The van der Waals surface area contributed by atoms with Crippen LogP contribution in [-0.2, 0) is 27.4 Å². The van der Waals surface area contributed by atoms with Crippen LogP contribution in [0.25, 0.3) is 32.1 Å². The quantitative estimate of drug-likeness (QED) is 0.334. The van der Waals surface area contributed by atoms with E-state index in [2.05, 4.69) is 16.3 Å². The van der Waals surface area contributed by atoms with Crippen LogP contribution in [0.2, 0.25) is 5.02 Å². The molecule has 4 aromatic rings. The van der Waals surface area contributed by atoms with Crippen molar-refractivity contribution in [2.24, 2.45) is 0 Å². The molecule has 4 fully saturated rings. The van der Waals surface area contributed by atoms with Gasteiger partial charge >= 0.3 is 6.01 Å². The first-order valence-corrected chi connectivity index (χ1v) is 15.6. The number of anilines is 2. The van der Waals surface area contributed by atoms with E-state index in [4.69, 9.17) is 46.3 Å². The highest BCUT2D eigenvalue weighted by atomic mass is 35.5. The predicted molar refractivity (Wildman–Crippen MR) is 159 cm³/mol. The van der Waals surface area contributed by atoms with Gasteiger partial charge in [-0.2, -0.15) is 15.2 Å². The summed E-state index contributed by atoms with van der Waals surface area (Å²) in [4.78, 5) is 12.3. The summed E-state index contributed by atoms with van der Waals surface area (Å²) >= 11 is 8.40. The lowest BCUT2D eigenvalue weighted by Crippen LogP contribution is -2.96. The first kappa shape index (κ1) is 26.1. The van der Waals surface area contributed by atoms with Gasteiger partial charge in [0.25, 0.3) is 0 Å². The average molecular weight is 621 g/mol. The van der Waals surface area contributed by atoms with E-state index in [0.717, 1.165) is 53.1 Å². The number of halogens is 2. The molecule has 2 aromatic carbocycles. The van der Waals surface area contributed by atoms with Crippen molar-refractivity contribution in [3.63, 3.8) is 0 Å². The van der Waals surface area contributed by atoms with Gasteiger partial charge in [-0.15, -0.1) is 11.3 Å². The van der Waals surface area contributed by atoms with Gasteiger partial charge in [-0.25, -0.2) is 4.39 Å². The number of nitrogens with zero attached hydrogens (tertiary/aromatic N) is 4. The molecular weight excluding hydrogens is 595 g/mol. The van der Waals surface area contributed by atoms with Gasteiger partial charge in [0.1, 0.15) is 35.4 Å². The second-order valence-electron chi connectivity index (χ2n) is 11.7. The van der Waals surface area contributed by atoms with Gasteiger partial charge in [0, 0.05) is 17.5 Å². The third-order valence-corrected chi connectivity index (χ3v) is 11.2. The van der Waals surface area contributed by atoms with Crippen LogP contribution in [0.15, 0.2) is 12.1 Å². The number of piperazine rings is 1. The molecule has 1 aliphatic carbocycles. The lowest BCUT2D eigenvalue weighted by atomic mass is 9.54. The Morgan fingerprint density at radius 2 is 2.09 bits per heavy atom. The Hall–Kier alpha value is -3.31. The molecule has 4 unspecified atom stereocenters. The number of ether oxygens (including phenoxy) is 4. The topological polar surface area (TPSA) is 128 Å². The molecule has 0 bridgehead atoms. The first-order chi connectivity index (χ1) is 21.0. The lowest BCUT2D eigenvalue weighted by molar-refractivity contribution is -0.102. The minimum Gasteiger partial charge on any atom is -0.461 e. The van der Waals surface area contributed by atoms with Crippen LogP contribution in [0.5, 0.6) is 6.01 Å². The van der Waals surface area contributed by atoms with Crippen molar-refractivity contribution in [2.75, 3.05) is 43.6 Å². The number of rotatable bonds is 5. The van der Waals surface area contributed by atoms with Gasteiger partial charge in [0.15, 0.2) is 0 Å². The molecular formula is C30H26ClFN6O4S. The van der Waals surface area contributed by atoms with E-state index in [9.17, 15) is 9.65 Å². The van der Waals surface area contributed by atoms with Gasteiger partial charge in [0.05, 0.1) is 76.8 Å². The van der Waals surface area contributed by atoms with Gasteiger partial charge < -0.3 is 34.9 Å². The highest BCUT2D eigenvalue weighted by molar-refractivity contribution is 7.23. The molecule has 9 rings (SSSR count). The third-order valence-electron chi connectivity index (χ3n) is 9.80. The third kappa shape index (κ3) is 3.46. The monoisotopic (exact) mass is 620 g/mol. The summed E-state index contributed by atoms with van der Waals surface area (Å²) in [6.45, 7) is 3.30. The van der Waals surface area contributed by atoms with E-state index >= 15 is 0 Å². The summed E-state index contributed by atoms with van der Waals surface area (Å²) in [6.07, 6.45) is 2.01. The van der Waals surface area contributed by atoms with Gasteiger partial charge in [-0.3, -0.25) is 0 Å². The van der Waals surface area contributed by atoms with Crippen LogP contribution in [0.1, 0.15) is 29.5 Å². The van der Waals surface area contributed by atoms with E-state index in [1.54, 1.807) is 6.07 Å². The summed E-state index contributed by atoms with van der Waals surface area (Å²) in [5.41, 5.74) is 10.2. The molecule has 5 aliphatic rings. The molecule has 10 nitrogen and oxygen atoms in total. The minimum absolute atomic E-state index is 0.168. The van der Waals surface area contributed by atoms with E-state index in [1.807, 2.05) is 0 Å². The van der Waals surface area contributed by atoms with Crippen LogP contribution in [0.3, 0.4) is 0 Å². The summed E-state index contributed by atoms with van der Waals surface area (Å²) < 4.78 is 38.8. The van der Waals surface area contributed by atoms with E-state index in [0.29, 0.717) is 76.9 Å². The maximum Gasteiger partial charge on any atom is 0.319 e. The van der Waals surface area contributed by atoms with Crippen molar-refractivity contribution in [1.82, 2.24) is 15.3 Å². The largest absolute Gasteiger partial charge is 0.461 e. The molecule has 0 amide bonds. The normalized spacial score (nSPS) is 27.1. The summed E-state index contributed by atoms with van der Waals surface area (Å²) in [5.74, 6) is 0.358. The molecule has 6 heterocycles. The van der Waals surface area contributed by atoms with E-state index in [1.165, 1.54) is 6.07 Å². The van der Waals surface area contributed by atoms with Crippen molar-refractivity contribution in [1.29, 1.82) is 5.26 Å². The first-order valence-electron chi connectivity index (χ1n) is 14.4. The Morgan fingerprint density at radius 3 is 2.81 bits per heavy atom. The zero-order chi connectivity index (χ0) is 29.0. The summed E-state index contributed by atoms with van der Waals surface area (Å²) in [5, 5.41) is 15.6. The van der Waals surface area contributed by atoms with Crippen LogP contribution in [-0.4, -0.2) is 66.7 Å². The second-order valence-corrected chi connectivity index (χ2v) is 13.2. The highest BCUT2D eigenvalue weighted by Gasteiger charge is 2.71. The number of fused-ring (bicyclic) bond motifs is 4. The molecule has 1 saturated carbocycles. The standard InChI is InChI=1S/C30H26ClFN6O4S/c31-24-21(14-1-2-18(32)26-22(14)15(7-33)27(34)43-26)16-11-40-12-17(16)23-25(24)36-29(42-10-13-9-39-5-6-41-13)37-28(23)38-19-3-4-30(19)20(38)8-35-30/h1-2,13,19-20,35H,3-6,8-12,34H2. The molecule has 3 N–H and O–H groups in total. The number of piperidine rings is 1. The van der Waals surface area contributed by atoms with Crippen LogP contribution in [0, 0.1) is 17.1 Å². The average Bonchev–Trinajstić information content (AvgIpc) is 3.60. The number of aromatic nitrogens is 2. The number of hydrogen-bond acceptors (Lipinski definition) is 11. The Kier molecular flexibility index (Phi) is 5.68.